The Labute approximate surface area is 198 Å². The minimum Gasteiger partial charge on any atom is -0.408 e. The van der Waals surface area contributed by atoms with Crippen LogP contribution >= 0.6 is 0 Å². The fourth-order valence-electron chi connectivity index (χ4n) is 4.97. The maximum absolute atomic E-state index is 13.2. The number of fused-ring (bicyclic) bond motifs is 2. The Morgan fingerprint density at radius 2 is 1.68 bits per heavy atom. The number of carbonyl (C=O) groups excluding carboxylic acids is 1. The first kappa shape index (κ1) is 22.9. The van der Waals surface area contributed by atoms with Crippen molar-refractivity contribution in [3.05, 3.63) is 64.1 Å². The van der Waals surface area contributed by atoms with Gasteiger partial charge in [-0.1, -0.05) is 18.2 Å². The third-order valence-corrected chi connectivity index (χ3v) is 8.79. The van der Waals surface area contributed by atoms with Gasteiger partial charge >= 0.3 is 5.76 Å². The molecule has 2 heterocycles. The summed E-state index contributed by atoms with van der Waals surface area (Å²) in [6, 6.07) is 12.7. The molecule has 2 aromatic carbocycles. The first-order valence-electron chi connectivity index (χ1n) is 11.9. The Morgan fingerprint density at radius 3 is 2.47 bits per heavy atom. The van der Waals surface area contributed by atoms with Crippen LogP contribution in [0.25, 0.3) is 11.1 Å². The van der Waals surface area contributed by atoms with Crippen molar-refractivity contribution in [1.29, 1.82) is 0 Å². The Hall–Kier alpha value is -2.91. The highest BCUT2D eigenvalue weighted by Crippen LogP contribution is 2.26. The van der Waals surface area contributed by atoms with E-state index in [1.807, 2.05) is 30.3 Å². The molecule has 1 saturated heterocycles. The van der Waals surface area contributed by atoms with Crippen LogP contribution in [0.15, 0.2) is 56.6 Å². The molecule has 1 aliphatic heterocycles. The number of para-hydroxylation sites is 2. The number of piperazine rings is 1. The number of hydrogen-bond donors (Lipinski definition) is 0. The molecule has 0 unspecified atom stereocenters. The lowest BCUT2D eigenvalue weighted by atomic mass is 9.92. The fourth-order valence-corrected chi connectivity index (χ4v) is 6.44. The number of benzene rings is 2. The van der Waals surface area contributed by atoms with Gasteiger partial charge in [0.05, 0.1) is 10.4 Å². The number of sulfonamides is 1. The van der Waals surface area contributed by atoms with E-state index in [9.17, 15) is 18.0 Å². The number of oxazole rings is 1. The van der Waals surface area contributed by atoms with Gasteiger partial charge in [0.2, 0.25) is 15.9 Å². The molecule has 0 bridgehead atoms. The highest BCUT2D eigenvalue weighted by molar-refractivity contribution is 7.89. The average molecular weight is 484 g/mol. The zero-order valence-corrected chi connectivity index (χ0v) is 19.9. The summed E-state index contributed by atoms with van der Waals surface area (Å²) >= 11 is 0. The third-order valence-electron chi connectivity index (χ3n) is 6.90. The standard InChI is InChI=1S/C25H29N3O5S/c29-24(10-5-13-28-22-8-3-4-9-23(22)33-25(28)30)26-14-16-27(17-15-26)34(31,32)21-12-11-19-6-1-2-7-20(19)18-21/h3-4,8-9,11-12,18H,1-2,5-7,10,13-17H2. The number of carbonyl (C=O) groups is 1. The summed E-state index contributed by atoms with van der Waals surface area (Å²) < 4.78 is 34.6. The summed E-state index contributed by atoms with van der Waals surface area (Å²) in [5.41, 5.74) is 3.66. The van der Waals surface area contributed by atoms with Gasteiger partial charge in [-0.25, -0.2) is 13.2 Å². The Morgan fingerprint density at radius 1 is 0.941 bits per heavy atom. The van der Waals surface area contributed by atoms with Crippen molar-refractivity contribution in [2.75, 3.05) is 26.2 Å². The van der Waals surface area contributed by atoms with Gasteiger partial charge in [-0.15, -0.1) is 0 Å². The van der Waals surface area contributed by atoms with Crippen LogP contribution < -0.4 is 5.76 Å². The van der Waals surface area contributed by atoms with Crippen molar-refractivity contribution >= 4 is 27.0 Å². The van der Waals surface area contributed by atoms with Crippen LogP contribution in [-0.4, -0.2) is 54.3 Å². The minimum absolute atomic E-state index is 0.0216. The summed E-state index contributed by atoms with van der Waals surface area (Å²) in [5, 5.41) is 0. The molecule has 3 aromatic rings. The molecule has 1 fully saturated rings. The van der Waals surface area contributed by atoms with E-state index in [0.29, 0.717) is 43.0 Å². The second-order valence-corrected chi connectivity index (χ2v) is 11.0. The van der Waals surface area contributed by atoms with E-state index in [0.717, 1.165) is 36.8 Å². The molecule has 0 saturated carbocycles. The summed E-state index contributed by atoms with van der Waals surface area (Å²) in [7, 11) is -3.57. The smallest absolute Gasteiger partial charge is 0.408 e. The number of aryl methyl sites for hydroxylation is 3. The van der Waals surface area contributed by atoms with Crippen molar-refractivity contribution < 1.29 is 17.6 Å². The van der Waals surface area contributed by atoms with Gasteiger partial charge in [0, 0.05) is 39.1 Å². The molecule has 8 nitrogen and oxygen atoms in total. The van der Waals surface area contributed by atoms with E-state index < -0.39 is 15.8 Å². The van der Waals surface area contributed by atoms with Gasteiger partial charge in [-0.2, -0.15) is 4.31 Å². The molecule has 5 rings (SSSR count). The predicted octanol–water partition coefficient (Wildman–Crippen LogP) is 2.79. The van der Waals surface area contributed by atoms with E-state index in [-0.39, 0.29) is 19.0 Å². The number of nitrogens with zero attached hydrogens (tertiary/aromatic N) is 3. The Balaban J connectivity index is 1.16. The third kappa shape index (κ3) is 4.42. The molecule has 2 aliphatic rings. The largest absolute Gasteiger partial charge is 0.419 e. The topological polar surface area (TPSA) is 92.8 Å². The van der Waals surface area contributed by atoms with Gasteiger partial charge in [-0.3, -0.25) is 9.36 Å². The highest BCUT2D eigenvalue weighted by atomic mass is 32.2. The zero-order valence-electron chi connectivity index (χ0n) is 19.1. The average Bonchev–Trinajstić information content (AvgIpc) is 3.18. The predicted molar refractivity (Wildman–Crippen MR) is 128 cm³/mol. The van der Waals surface area contributed by atoms with E-state index in [2.05, 4.69) is 0 Å². The second kappa shape index (κ2) is 9.38. The van der Waals surface area contributed by atoms with Crippen LogP contribution in [0, 0.1) is 0 Å². The van der Waals surface area contributed by atoms with Crippen molar-refractivity contribution in [1.82, 2.24) is 13.8 Å². The minimum atomic E-state index is -3.57. The van der Waals surface area contributed by atoms with Crippen LogP contribution in [0.2, 0.25) is 0 Å². The van der Waals surface area contributed by atoms with Crippen molar-refractivity contribution in [2.45, 2.75) is 50.0 Å². The molecule has 0 atom stereocenters. The monoisotopic (exact) mass is 483 g/mol. The van der Waals surface area contributed by atoms with Gasteiger partial charge < -0.3 is 9.32 Å². The van der Waals surface area contributed by atoms with Gasteiger partial charge in [-0.05, 0) is 67.5 Å². The highest BCUT2D eigenvalue weighted by Gasteiger charge is 2.30. The van der Waals surface area contributed by atoms with Crippen LogP contribution in [-0.2, 0) is 34.2 Å². The lowest BCUT2D eigenvalue weighted by Gasteiger charge is -2.34. The fraction of sp³-hybridized carbons (Fsp3) is 0.440. The molecular weight excluding hydrogens is 454 g/mol. The normalized spacial score (nSPS) is 17.1. The molecule has 180 valence electrons. The van der Waals surface area contributed by atoms with Crippen LogP contribution in [0.5, 0.6) is 0 Å². The first-order valence-corrected chi connectivity index (χ1v) is 13.4. The van der Waals surface area contributed by atoms with Crippen molar-refractivity contribution in [2.24, 2.45) is 0 Å². The quantitative estimate of drug-likeness (QED) is 0.538. The molecule has 0 spiro atoms. The molecule has 1 amide bonds. The molecule has 9 heteroatoms. The summed E-state index contributed by atoms with van der Waals surface area (Å²) in [6.45, 7) is 1.72. The molecule has 1 aromatic heterocycles. The maximum Gasteiger partial charge on any atom is 0.419 e. The Kier molecular flexibility index (Phi) is 6.31. The maximum atomic E-state index is 13.2. The zero-order chi connectivity index (χ0) is 23.7. The van der Waals surface area contributed by atoms with Gasteiger partial charge in [0.1, 0.15) is 0 Å². The summed E-state index contributed by atoms with van der Waals surface area (Å²) in [4.78, 5) is 26.9. The van der Waals surface area contributed by atoms with Crippen LogP contribution in [0.4, 0.5) is 0 Å². The lowest BCUT2D eigenvalue weighted by Crippen LogP contribution is -2.50. The lowest BCUT2D eigenvalue weighted by molar-refractivity contribution is -0.132. The number of amides is 1. The molecule has 34 heavy (non-hydrogen) atoms. The molecule has 0 radical (unpaired) electrons. The van der Waals surface area contributed by atoms with E-state index in [4.69, 9.17) is 4.42 Å². The van der Waals surface area contributed by atoms with Crippen LogP contribution in [0.3, 0.4) is 0 Å². The molecule has 1 aliphatic carbocycles. The second-order valence-electron chi connectivity index (χ2n) is 9.01. The van der Waals surface area contributed by atoms with E-state index >= 15 is 0 Å². The first-order chi connectivity index (χ1) is 16.4. The number of hydrogen-bond acceptors (Lipinski definition) is 5. The number of aromatic nitrogens is 1. The summed E-state index contributed by atoms with van der Waals surface area (Å²) in [6.07, 6.45) is 5.01. The van der Waals surface area contributed by atoms with Crippen molar-refractivity contribution in [3.8, 4) is 0 Å². The van der Waals surface area contributed by atoms with Gasteiger partial charge in [0.25, 0.3) is 0 Å². The number of rotatable bonds is 6. The van der Waals surface area contributed by atoms with E-state index in [1.165, 1.54) is 9.87 Å². The van der Waals surface area contributed by atoms with E-state index in [1.54, 1.807) is 21.6 Å². The molecular formula is C25H29N3O5S. The Bertz CT molecular complexity index is 1370. The van der Waals surface area contributed by atoms with Crippen LogP contribution in [0.1, 0.15) is 36.8 Å². The van der Waals surface area contributed by atoms with Crippen molar-refractivity contribution in [3.63, 3.8) is 0 Å². The van der Waals surface area contributed by atoms with Gasteiger partial charge in [0.15, 0.2) is 5.58 Å². The SMILES string of the molecule is O=C(CCCn1c(=O)oc2ccccc21)N1CCN(S(=O)(=O)c2ccc3c(c2)CCCC3)CC1. The molecule has 0 N–H and O–H groups in total. The summed E-state index contributed by atoms with van der Waals surface area (Å²) in [5.74, 6) is -0.443.